The Morgan fingerprint density at radius 2 is 1.57 bits per heavy atom. The molecule has 0 heterocycles. The molecule has 21 heavy (non-hydrogen) atoms. The Bertz CT molecular complexity index is 542. The van der Waals surface area contributed by atoms with Gasteiger partial charge in [0.05, 0.1) is 0 Å². The first-order valence-corrected chi connectivity index (χ1v) is 10.6. The van der Waals surface area contributed by atoms with Crippen LogP contribution in [0.2, 0.25) is 19.6 Å². The van der Waals surface area contributed by atoms with Crippen molar-refractivity contribution < 1.29 is 57.7 Å². The maximum Gasteiger partial charge on any atom is -1.00 e. The van der Waals surface area contributed by atoms with Crippen LogP contribution in [0, 0.1) is 0 Å². The zero-order valence-electron chi connectivity index (χ0n) is 12.5. The summed E-state index contributed by atoms with van der Waals surface area (Å²) in [5.41, 5.74) is 3.87. The predicted molar refractivity (Wildman–Crippen MR) is 78.5 cm³/mol. The molecule has 1 aromatic carbocycles. The maximum absolute atomic E-state index is 4.30. The first-order chi connectivity index (χ1) is 8.41. The number of hydrogen-bond acceptors (Lipinski definition) is 0. The number of benzene rings is 1. The van der Waals surface area contributed by atoms with Gasteiger partial charge in [0, 0.05) is 0 Å². The second-order valence-corrected chi connectivity index (χ2v) is 11.6. The van der Waals surface area contributed by atoms with Crippen molar-refractivity contribution in [1.29, 1.82) is 0 Å². The molecule has 0 spiro atoms. The van der Waals surface area contributed by atoms with Crippen LogP contribution in [0.1, 0.15) is 12.0 Å². The Balaban J connectivity index is 0. The van der Waals surface area contributed by atoms with Crippen LogP contribution in [0.3, 0.4) is 0 Å². The van der Waals surface area contributed by atoms with Crippen molar-refractivity contribution >= 4 is 13.6 Å². The van der Waals surface area contributed by atoms with Gasteiger partial charge >= 0.3 is 123 Å². The molecule has 0 nitrogen and oxygen atoms in total. The van der Waals surface area contributed by atoms with E-state index in [1.807, 2.05) is 0 Å². The quantitative estimate of drug-likeness (QED) is 0.456. The summed E-state index contributed by atoms with van der Waals surface area (Å²) in [4.78, 5) is 0. The van der Waals surface area contributed by atoms with Crippen LogP contribution in [0.25, 0.3) is 5.57 Å². The molecule has 1 aromatic rings. The second kappa shape index (κ2) is 9.40. The molecule has 0 amide bonds. The van der Waals surface area contributed by atoms with E-state index >= 15 is 0 Å². The minimum absolute atomic E-state index is 0. The van der Waals surface area contributed by atoms with Crippen molar-refractivity contribution in [2.24, 2.45) is 0 Å². The molecule has 1 aliphatic rings. The smallest absolute Gasteiger partial charge is 1.00 e. The van der Waals surface area contributed by atoms with Crippen molar-refractivity contribution in [3.63, 3.8) is 0 Å². The molecule has 1 aliphatic carbocycles. The third-order valence-corrected chi connectivity index (χ3v) is 6.73. The van der Waals surface area contributed by atoms with Gasteiger partial charge in [-0.15, -0.1) is 0 Å². The third-order valence-electron chi connectivity index (χ3n) is 3.38. The van der Waals surface area contributed by atoms with Crippen LogP contribution in [-0.2, 0) is 20.4 Å². The zero-order chi connectivity index (χ0) is 13.3. The van der Waals surface area contributed by atoms with Gasteiger partial charge in [-0.3, -0.25) is 0 Å². The Labute approximate surface area is 159 Å². The fourth-order valence-electron chi connectivity index (χ4n) is 2.34. The van der Waals surface area contributed by atoms with Gasteiger partial charge in [-0.25, -0.2) is 0 Å². The molecule has 0 saturated heterocycles. The Hall–Kier alpha value is 0.241. The van der Waals surface area contributed by atoms with E-state index < -0.39 is 8.07 Å². The summed E-state index contributed by atoms with van der Waals surface area (Å²) in [5, 5.41) is 1.61. The zero-order valence-corrected chi connectivity index (χ0v) is 17.3. The van der Waals surface area contributed by atoms with Gasteiger partial charge < -0.3 is 37.2 Å². The average molecular weight is 394 g/mol. The average Bonchev–Trinajstić information content (AvgIpc) is 2.71. The van der Waals surface area contributed by atoms with Crippen LogP contribution >= 0.6 is 0 Å². The van der Waals surface area contributed by atoms with Crippen molar-refractivity contribution in [3.8, 4) is 0 Å². The van der Waals surface area contributed by atoms with Gasteiger partial charge in [0.2, 0.25) is 0 Å². The van der Waals surface area contributed by atoms with Crippen molar-refractivity contribution in [2.75, 3.05) is 0 Å². The Kier molecular flexibility index (Phi) is 10.5. The number of allylic oxidation sites excluding steroid dienone is 5. The molecule has 0 N–H and O–H groups in total. The van der Waals surface area contributed by atoms with E-state index in [4.69, 9.17) is 0 Å². The van der Waals surface area contributed by atoms with Gasteiger partial charge in [0.1, 0.15) is 0 Å². The summed E-state index contributed by atoms with van der Waals surface area (Å²) >= 11 is 2.26. The molecule has 0 aliphatic heterocycles. The first-order valence-electron chi connectivity index (χ1n) is 6.31. The second-order valence-electron chi connectivity index (χ2n) is 5.77. The van der Waals surface area contributed by atoms with Gasteiger partial charge in [-0.2, -0.15) is 0 Å². The normalized spacial score (nSPS) is 13.7. The molecule has 112 valence electrons. The first kappa shape index (κ1) is 23.5. The van der Waals surface area contributed by atoms with Gasteiger partial charge in [-0.1, -0.05) is 0 Å². The van der Waals surface area contributed by atoms with Crippen molar-refractivity contribution in [1.82, 2.24) is 0 Å². The molecule has 0 fully saturated rings. The molecule has 0 atom stereocenters. The fraction of sp³-hybridized carbons (Fsp3) is 0.250. The van der Waals surface area contributed by atoms with Crippen LogP contribution in [0.15, 0.2) is 57.6 Å². The van der Waals surface area contributed by atoms with E-state index in [0.717, 1.165) is 6.42 Å². The van der Waals surface area contributed by atoms with Crippen molar-refractivity contribution in [2.45, 2.75) is 26.1 Å². The largest absolute Gasteiger partial charge is 1.00 e. The molecule has 0 bridgehead atoms. The summed E-state index contributed by atoms with van der Waals surface area (Å²) < 4.78 is 1.48. The number of halogens is 3. The summed E-state index contributed by atoms with van der Waals surface area (Å²) in [7, 11) is -1.21. The molecular formula is C16H19Cl3SiTi. The van der Waals surface area contributed by atoms with Crippen LogP contribution in [-0.4, -0.2) is 8.07 Å². The van der Waals surface area contributed by atoms with E-state index in [1.165, 1.54) is 20.6 Å². The minimum atomic E-state index is -1.21. The Morgan fingerprint density at radius 1 is 1.05 bits per heavy atom. The van der Waals surface area contributed by atoms with Crippen LogP contribution in [0.5, 0.6) is 0 Å². The molecule has 5 heteroatoms. The van der Waals surface area contributed by atoms with Gasteiger partial charge in [0.25, 0.3) is 0 Å². The topological polar surface area (TPSA) is 0 Å². The summed E-state index contributed by atoms with van der Waals surface area (Å²) in [6.07, 6.45) is 3.48. The summed E-state index contributed by atoms with van der Waals surface area (Å²) in [6.45, 7) is 11.5. The number of hydrogen-bond donors (Lipinski definition) is 0. The predicted octanol–water partition coefficient (Wildman–Crippen LogP) is -4.28. The van der Waals surface area contributed by atoms with E-state index in [-0.39, 0.29) is 37.2 Å². The monoisotopic (exact) mass is 392 g/mol. The fourth-order valence-corrected chi connectivity index (χ4v) is 6.27. The molecule has 0 unspecified atom stereocenters. The molecule has 0 radical (unpaired) electrons. The molecule has 0 aromatic heterocycles. The van der Waals surface area contributed by atoms with E-state index in [9.17, 15) is 0 Å². The van der Waals surface area contributed by atoms with E-state index in [2.05, 4.69) is 83.1 Å². The maximum atomic E-state index is 4.30. The van der Waals surface area contributed by atoms with E-state index in [1.54, 1.807) is 5.20 Å². The van der Waals surface area contributed by atoms with E-state index in [0.29, 0.717) is 0 Å². The summed E-state index contributed by atoms with van der Waals surface area (Å²) in [6, 6.07) is 10.5. The Morgan fingerprint density at radius 3 is 2.00 bits per heavy atom. The standard InChI is InChI=1S/C16H19Si.3ClH.Ti/c1-13(14-8-6-5-7-9-14)15-10-11-16(12-15)17(2,3)4;;;;/h5-9,11H,1,10H2,2-4H3;3*1H;/q;;;;+3/p-3. The molecule has 0 saturated carbocycles. The SMILES string of the molecule is C=C(C1=[C]([Ti+3])C([Si](C)(C)C)=CC1)c1ccccc1.[Cl-].[Cl-].[Cl-]. The third kappa shape index (κ3) is 5.42. The van der Waals surface area contributed by atoms with Crippen molar-refractivity contribution in [3.05, 3.63) is 63.2 Å². The molecular weight excluding hydrogens is 374 g/mol. The van der Waals surface area contributed by atoms with Gasteiger partial charge in [0.15, 0.2) is 0 Å². The molecule has 2 rings (SSSR count). The van der Waals surface area contributed by atoms with Crippen LogP contribution in [0.4, 0.5) is 0 Å². The summed E-state index contributed by atoms with van der Waals surface area (Å²) in [5.74, 6) is 0. The van der Waals surface area contributed by atoms with Crippen LogP contribution < -0.4 is 37.2 Å². The van der Waals surface area contributed by atoms with Gasteiger partial charge in [-0.05, 0) is 0 Å². The number of rotatable bonds is 3. The minimum Gasteiger partial charge on any atom is -1.00 e.